The van der Waals surface area contributed by atoms with Crippen LogP contribution in [0, 0.1) is 0 Å². The van der Waals surface area contributed by atoms with E-state index < -0.39 is 0 Å². The molecule has 0 spiro atoms. The largest absolute Gasteiger partial charge is 0.415 e. The van der Waals surface area contributed by atoms with Crippen molar-refractivity contribution in [2.45, 2.75) is 18.2 Å². The van der Waals surface area contributed by atoms with E-state index in [0.717, 1.165) is 12.0 Å². The summed E-state index contributed by atoms with van der Waals surface area (Å²) in [6.45, 7) is 0.747. The van der Waals surface area contributed by atoms with Crippen molar-refractivity contribution in [3.63, 3.8) is 0 Å². The SMILES string of the molecule is NCc1nnc(SCC(=O)NCCc2cccc(Cl)c2)o1. The molecule has 0 bridgehead atoms. The van der Waals surface area contributed by atoms with E-state index >= 15 is 0 Å². The zero-order valence-corrected chi connectivity index (χ0v) is 12.8. The van der Waals surface area contributed by atoms with Crippen LogP contribution in [0.2, 0.25) is 5.02 Å². The molecule has 0 radical (unpaired) electrons. The van der Waals surface area contributed by atoms with Crippen molar-refractivity contribution < 1.29 is 9.21 Å². The van der Waals surface area contributed by atoms with Crippen molar-refractivity contribution in [1.82, 2.24) is 15.5 Å². The van der Waals surface area contributed by atoms with Gasteiger partial charge in [0.1, 0.15) is 0 Å². The molecule has 0 saturated carbocycles. The quantitative estimate of drug-likeness (QED) is 0.751. The van der Waals surface area contributed by atoms with Crippen molar-refractivity contribution in [3.05, 3.63) is 40.7 Å². The summed E-state index contributed by atoms with van der Waals surface area (Å²) >= 11 is 7.08. The number of carbonyl (C=O) groups excluding carboxylic acids is 1. The van der Waals surface area contributed by atoms with Gasteiger partial charge in [0.2, 0.25) is 11.8 Å². The third-order valence-electron chi connectivity index (χ3n) is 2.57. The molecule has 6 nitrogen and oxygen atoms in total. The van der Waals surface area contributed by atoms with Crippen LogP contribution in [0.4, 0.5) is 0 Å². The molecule has 0 aliphatic rings. The Kier molecular flexibility index (Phi) is 6.04. The fourth-order valence-corrected chi connectivity index (χ4v) is 2.42. The molecular weight excluding hydrogens is 312 g/mol. The molecule has 21 heavy (non-hydrogen) atoms. The van der Waals surface area contributed by atoms with E-state index in [-0.39, 0.29) is 18.2 Å². The summed E-state index contributed by atoms with van der Waals surface area (Å²) in [5.41, 5.74) is 6.44. The predicted molar refractivity (Wildman–Crippen MR) is 81.1 cm³/mol. The number of nitrogens with one attached hydrogen (secondary N) is 1. The van der Waals surface area contributed by atoms with Crippen LogP contribution in [0.15, 0.2) is 33.9 Å². The highest BCUT2D eigenvalue weighted by molar-refractivity contribution is 7.99. The van der Waals surface area contributed by atoms with Gasteiger partial charge < -0.3 is 15.5 Å². The van der Waals surface area contributed by atoms with Gasteiger partial charge in [0.25, 0.3) is 5.22 Å². The fraction of sp³-hybridized carbons (Fsp3) is 0.308. The van der Waals surface area contributed by atoms with Crippen LogP contribution >= 0.6 is 23.4 Å². The van der Waals surface area contributed by atoms with E-state index in [1.807, 2.05) is 24.3 Å². The van der Waals surface area contributed by atoms with Gasteiger partial charge in [0.15, 0.2) is 0 Å². The van der Waals surface area contributed by atoms with Crippen LogP contribution in [0.5, 0.6) is 0 Å². The summed E-state index contributed by atoms with van der Waals surface area (Å²) in [7, 11) is 0. The first-order valence-electron chi connectivity index (χ1n) is 6.34. The molecule has 2 rings (SSSR count). The third-order valence-corrected chi connectivity index (χ3v) is 3.63. The van der Waals surface area contributed by atoms with Gasteiger partial charge in [-0.2, -0.15) is 0 Å². The number of carbonyl (C=O) groups is 1. The minimum absolute atomic E-state index is 0.0884. The van der Waals surface area contributed by atoms with Crippen LogP contribution in [0.25, 0.3) is 0 Å². The minimum atomic E-state index is -0.0884. The number of amides is 1. The third kappa shape index (κ3) is 5.37. The first-order chi connectivity index (χ1) is 10.2. The highest BCUT2D eigenvalue weighted by atomic mass is 35.5. The summed E-state index contributed by atoms with van der Waals surface area (Å²) < 4.78 is 5.19. The Balaban J connectivity index is 1.67. The molecule has 0 saturated heterocycles. The van der Waals surface area contributed by atoms with Gasteiger partial charge in [-0.15, -0.1) is 10.2 Å². The maximum Gasteiger partial charge on any atom is 0.277 e. The summed E-state index contributed by atoms with van der Waals surface area (Å²) in [6.07, 6.45) is 0.731. The number of aromatic nitrogens is 2. The van der Waals surface area contributed by atoms with Gasteiger partial charge >= 0.3 is 0 Å². The molecule has 0 unspecified atom stereocenters. The number of hydrogen-bond acceptors (Lipinski definition) is 6. The molecule has 0 aliphatic carbocycles. The van der Waals surface area contributed by atoms with Crippen LogP contribution in [0.3, 0.4) is 0 Å². The van der Waals surface area contributed by atoms with E-state index in [1.165, 1.54) is 11.8 Å². The van der Waals surface area contributed by atoms with Crippen molar-refractivity contribution >= 4 is 29.3 Å². The normalized spacial score (nSPS) is 10.6. The minimum Gasteiger partial charge on any atom is -0.415 e. The van der Waals surface area contributed by atoms with Gasteiger partial charge in [-0.05, 0) is 24.1 Å². The lowest BCUT2D eigenvalue weighted by Gasteiger charge is -2.04. The maximum absolute atomic E-state index is 11.7. The van der Waals surface area contributed by atoms with E-state index in [2.05, 4.69) is 15.5 Å². The molecule has 0 aliphatic heterocycles. The molecule has 0 atom stereocenters. The Morgan fingerprint density at radius 1 is 1.43 bits per heavy atom. The first-order valence-corrected chi connectivity index (χ1v) is 7.70. The molecule has 0 fully saturated rings. The Morgan fingerprint density at radius 3 is 3.00 bits per heavy atom. The number of thioether (sulfide) groups is 1. The molecule has 8 heteroatoms. The van der Waals surface area contributed by atoms with Gasteiger partial charge in [-0.3, -0.25) is 4.79 Å². The van der Waals surface area contributed by atoms with E-state index in [0.29, 0.717) is 22.7 Å². The van der Waals surface area contributed by atoms with Crippen molar-refractivity contribution in [2.75, 3.05) is 12.3 Å². The lowest BCUT2D eigenvalue weighted by Crippen LogP contribution is -2.27. The van der Waals surface area contributed by atoms with Gasteiger partial charge in [0.05, 0.1) is 12.3 Å². The number of nitrogens with two attached hydrogens (primary N) is 1. The second-order valence-corrected chi connectivity index (χ2v) is 5.55. The highest BCUT2D eigenvalue weighted by Gasteiger charge is 2.08. The summed E-state index contributed by atoms with van der Waals surface area (Å²) in [4.78, 5) is 11.7. The second kappa shape index (κ2) is 8.02. The Bertz CT molecular complexity index is 605. The van der Waals surface area contributed by atoms with Crippen molar-refractivity contribution in [1.29, 1.82) is 0 Å². The molecule has 3 N–H and O–H groups in total. The molecule has 1 amide bonds. The van der Waals surface area contributed by atoms with Crippen LogP contribution in [-0.4, -0.2) is 28.4 Å². The topological polar surface area (TPSA) is 94.0 Å². The predicted octanol–water partition coefficient (Wildman–Crippen LogP) is 1.63. The van der Waals surface area contributed by atoms with Crippen molar-refractivity contribution in [2.24, 2.45) is 5.73 Å². The summed E-state index contributed by atoms with van der Waals surface area (Å²) in [5.74, 6) is 0.496. The summed E-state index contributed by atoms with van der Waals surface area (Å²) in [5, 5.41) is 11.4. The smallest absolute Gasteiger partial charge is 0.277 e. The molecule has 2 aromatic rings. The molecule has 112 valence electrons. The van der Waals surface area contributed by atoms with Crippen LogP contribution < -0.4 is 11.1 Å². The fourth-order valence-electron chi connectivity index (χ4n) is 1.60. The number of halogens is 1. The number of rotatable bonds is 7. The average Bonchev–Trinajstić information content (AvgIpc) is 2.93. The maximum atomic E-state index is 11.7. The van der Waals surface area contributed by atoms with E-state index in [4.69, 9.17) is 21.8 Å². The standard InChI is InChI=1S/C13H15ClN4O2S/c14-10-3-1-2-9(6-10)4-5-16-11(19)8-21-13-18-17-12(7-15)20-13/h1-3,6H,4-5,7-8,15H2,(H,16,19). The average molecular weight is 327 g/mol. The van der Waals surface area contributed by atoms with Gasteiger partial charge in [-0.25, -0.2) is 0 Å². The van der Waals surface area contributed by atoms with Crippen LogP contribution in [-0.2, 0) is 17.8 Å². The number of nitrogens with zero attached hydrogens (tertiary/aromatic N) is 2. The molecule has 1 heterocycles. The zero-order chi connectivity index (χ0) is 15.1. The lowest BCUT2D eigenvalue weighted by molar-refractivity contribution is -0.118. The summed E-state index contributed by atoms with van der Waals surface area (Å²) in [6, 6.07) is 7.56. The zero-order valence-electron chi connectivity index (χ0n) is 11.2. The lowest BCUT2D eigenvalue weighted by atomic mass is 10.1. The van der Waals surface area contributed by atoms with Gasteiger partial charge in [0, 0.05) is 11.6 Å². The first kappa shape index (κ1) is 15.8. The Labute approximate surface area is 131 Å². The number of benzene rings is 1. The van der Waals surface area contributed by atoms with Crippen LogP contribution in [0.1, 0.15) is 11.5 Å². The second-order valence-electron chi connectivity index (χ2n) is 4.18. The molecular formula is C13H15ClN4O2S. The van der Waals surface area contributed by atoms with E-state index in [1.54, 1.807) is 0 Å². The Hall–Kier alpha value is -1.57. The molecule has 1 aromatic carbocycles. The highest BCUT2D eigenvalue weighted by Crippen LogP contribution is 2.15. The van der Waals surface area contributed by atoms with E-state index in [9.17, 15) is 4.79 Å². The van der Waals surface area contributed by atoms with Gasteiger partial charge in [-0.1, -0.05) is 35.5 Å². The monoisotopic (exact) mass is 326 g/mol. The Morgan fingerprint density at radius 2 is 2.29 bits per heavy atom. The number of hydrogen-bond donors (Lipinski definition) is 2. The molecule has 1 aromatic heterocycles. The van der Waals surface area contributed by atoms with Crippen molar-refractivity contribution in [3.8, 4) is 0 Å².